The van der Waals surface area contributed by atoms with Gasteiger partial charge in [0, 0.05) is 38.1 Å². The van der Waals surface area contributed by atoms with Crippen molar-refractivity contribution in [2.75, 3.05) is 46.0 Å². The highest BCUT2D eigenvalue weighted by Crippen LogP contribution is 2.48. The van der Waals surface area contributed by atoms with Crippen LogP contribution in [0.1, 0.15) is 64.0 Å². The quantitative estimate of drug-likeness (QED) is 0.657. The molecule has 2 saturated heterocycles. The SMILES string of the molecule is CCOC(=O)[C@@]12CC[C@@H](N3CCOCC3)C[C@H]1CCN(Cc1coc(C(C)C)n1)C2. The van der Waals surface area contributed by atoms with Crippen molar-refractivity contribution in [3.8, 4) is 0 Å². The zero-order chi connectivity index (χ0) is 21.1. The second-order valence-corrected chi connectivity index (χ2v) is 9.48. The van der Waals surface area contributed by atoms with Crippen molar-refractivity contribution in [3.05, 3.63) is 17.8 Å². The lowest BCUT2D eigenvalue weighted by Crippen LogP contribution is -2.58. The molecule has 168 valence electrons. The minimum absolute atomic E-state index is 0.00292. The van der Waals surface area contributed by atoms with Crippen molar-refractivity contribution in [1.82, 2.24) is 14.8 Å². The first-order valence-electron chi connectivity index (χ1n) is 11.7. The molecule has 1 aromatic heterocycles. The summed E-state index contributed by atoms with van der Waals surface area (Å²) >= 11 is 0. The van der Waals surface area contributed by atoms with Crippen LogP contribution in [0, 0.1) is 11.3 Å². The van der Waals surface area contributed by atoms with Gasteiger partial charge in [0.25, 0.3) is 0 Å². The maximum absolute atomic E-state index is 13.2. The molecule has 0 unspecified atom stereocenters. The standard InChI is InChI=1S/C23H37N3O4/c1-4-29-22(27)23-7-5-20(26-9-11-28-12-10-26)13-18(23)6-8-25(16-23)14-19-15-30-21(24-19)17(2)3/h15,17-18,20H,4-14,16H2,1-3H3/t18-,20-,23-/m1/s1. The molecule has 0 spiro atoms. The number of fused-ring (bicyclic) bond motifs is 1. The smallest absolute Gasteiger partial charge is 0.313 e. The molecular formula is C23H37N3O4. The van der Waals surface area contributed by atoms with E-state index < -0.39 is 0 Å². The summed E-state index contributed by atoms with van der Waals surface area (Å²) in [6.45, 7) is 12.7. The van der Waals surface area contributed by atoms with Gasteiger partial charge in [0.15, 0.2) is 5.89 Å². The number of morpholine rings is 1. The third kappa shape index (κ3) is 4.43. The zero-order valence-electron chi connectivity index (χ0n) is 18.8. The Morgan fingerprint density at radius 3 is 2.80 bits per heavy atom. The number of carbonyl (C=O) groups excluding carboxylic acids is 1. The Balaban J connectivity index is 1.46. The van der Waals surface area contributed by atoms with Gasteiger partial charge in [0.1, 0.15) is 6.26 Å². The average Bonchev–Trinajstić information content (AvgIpc) is 3.23. The number of nitrogens with zero attached hydrogens (tertiary/aromatic N) is 3. The van der Waals surface area contributed by atoms with Gasteiger partial charge in [-0.1, -0.05) is 13.8 Å². The van der Waals surface area contributed by atoms with E-state index in [4.69, 9.17) is 13.9 Å². The van der Waals surface area contributed by atoms with Crippen LogP contribution in [0.4, 0.5) is 0 Å². The Kier molecular flexibility index (Phi) is 6.80. The van der Waals surface area contributed by atoms with Gasteiger partial charge in [-0.05, 0) is 45.1 Å². The number of hydrogen-bond acceptors (Lipinski definition) is 7. The van der Waals surface area contributed by atoms with E-state index in [0.717, 1.165) is 83.2 Å². The molecule has 0 aromatic carbocycles. The summed E-state index contributed by atoms with van der Waals surface area (Å²) in [4.78, 5) is 22.8. The van der Waals surface area contributed by atoms with Crippen LogP contribution in [0.2, 0.25) is 0 Å². The molecule has 0 N–H and O–H groups in total. The lowest BCUT2D eigenvalue weighted by molar-refractivity contribution is -0.170. The molecule has 1 aromatic rings. The number of carbonyl (C=O) groups is 1. The van der Waals surface area contributed by atoms with Crippen molar-refractivity contribution in [3.63, 3.8) is 0 Å². The Labute approximate surface area is 180 Å². The number of aromatic nitrogens is 1. The van der Waals surface area contributed by atoms with Gasteiger partial charge in [0.05, 0.1) is 30.9 Å². The van der Waals surface area contributed by atoms with Crippen LogP contribution in [-0.4, -0.2) is 72.8 Å². The minimum atomic E-state index is -0.387. The fourth-order valence-electron chi connectivity index (χ4n) is 5.63. The molecule has 0 amide bonds. The Bertz CT molecular complexity index is 715. The van der Waals surface area contributed by atoms with E-state index >= 15 is 0 Å². The van der Waals surface area contributed by atoms with Gasteiger partial charge in [0.2, 0.25) is 0 Å². The predicted octanol–water partition coefficient (Wildman–Crippen LogP) is 3.05. The van der Waals surface area contributed by atoms with Crippen molar-refractivity contribution in [2.24, 2.45) is 11.3 Å². The molecule has 1 aliphatic carbocycles. The molecule has 4 rings (SSSR count). The molecule has 0 radical (unpaired) electrons. The lowest BCUT2D eigenvalue weighted by Gasteiger charge is -2.52. The van der Waals surface area contributed by atoms with Gasteiger partial charge < -0.3 is 13.9 Å². The number of hydrogen-bond donors (Lipinski definition) is 0. The zero-order valence-corrected chi connectivity index (χ0v) is 18.8. The second kappa shape index (κ2) is 9.37. The molecule has 0 bridgehead atoms. The fraction of sp³-hybridized carbons (Fsp3) is 0.826. The summed E-state index contributed by atoms with van der Waals surface area (Å²) < 4.78 is 16.8. The van der Waals surface area contributed by atoms with Crippen molar-refractivity contribution < 1.29 is 18.7 Å². The fourth-order valence-corrected chi connectivity index (χ4v) is 5.63. The van der Waals surface area contributed by atoms with E-state index in [1.807, 2.05) is 6.92 Å². The molecule has 7 nitrogen and oxygen atoms in total. The molecule has 3 atom stereocenters. The maximum atomic E-state index is 13.2. The van der Waals surface area contributed by atoms with Gasteiger partial charge in [-0.2, -0.15) is 0 Å². The minimum Gasteiger partial charge on any atom is -0.466 e. The van der Waals surface area contributed by atoms with Gasteiger partial charge in [-0.3, -0.25) is 14.6 Å². The van der Waals surface area contributed by atoms with E-state index in [1.165, 1.54) is 0 Å². The highest BCUT2D eigenvalue weighted by molar-refractivity contribution is 5.78. The van der Waals surface area contributed by atoms with E-state index in [0.29, 0.717) is 18.6 Å². The van der Waals surface area contributed by atoms with Crippen LogP contribution in [-0.2, 0) is 20.8 Å². The number of rotatable bonds is 6. The Hall–Kier alpha value is -1.44. The van der Waals surface area contributed by atoms with Crippen LogP contribution in [0.15, 0.2) is 10.7 Å². The largest absolute Gasteiger partial charge is 0.466 e. The molecule has 30 heavy (non-hydrogen) atoms. The lowest BCUT2D eigenvalue weighted by atomic mass is 9.61. The van der Waals surface area contributed by atoms with E-state index in [1.54, 1.807) is 6.26 Å². The first-order valence-corrected chi connectivity index (χ1v) is 11.7. The Morgan fingerprint density at radius 2 is 2.10 bits per heavy atom. The molecule has 3 aliphatic rings. The number of esters is 1. The molecule has 3 fully saturated rings. The van der Waals surface area contributed by atoms with E-state index in [2.05, 4.69) is 28.6 Å². The molecule has 2 aliphatic heterocycles. The summed E-state index contributed by atoms with van der Waals surface area (Å²) in [6, 6.07) is 0.567. The summed E-state index contributed by atoms with van der Waals surface area (Å²) in [5.41, 5.74) is 0.569. The highest BCUT2D eigenvalue weighted by atomic mass is 16.5. The van der Waals surface area contributed by atoms with Crippen LogP contribution in [0.5, 0.6) is 0 Å². The predicted molar refractivity (Wildman–Crippen MR) is 113 cm³/mol. The summed E-state index contributed by atoms with van der Waals surface area (Å²) in [7, 11) is 0. The van der Waals surface area contributed by atoms with Crippen molar-refractivity contribution in [2.45, 2.75) is 65.0 Å². The topological polar surface area (TPSA) is 68.0 Å². The third-order valence-electron chi connectivity index (χ3n) is 7.25. The third-order valence-corrected chi connectivity index (χ3v) is 7.25. The van der Waals surface area contributed by atoms with Crippen molar-refractivity contribution >= 4 is 5.97 Å². The highest BCUT2D eigenvalue weighted by Gasteiger charge is 2.53. The average molecular weight is 420 g/mol. The number of oxazole rings is 1. The Morgan fingerprint density at radius 1 is 1.30 bits per heavy atom. The van der Waals surface area contributed by atoms with Crippen LogP contribution in [0.25, 0.3) is 0 Å². The van der Waals surface area contributed by atoms with E-state index in [9.17, 15) is 4.79 Å². The first-order chi connectivity index (χ1) is 14.5. The van der Waals surface area contributed by atoms with Gasteiger partial charge >= 0.3 is 5.97 Å². The monoisotopic (exact) mass is 419 g/mol. The normalized spacial score (nSPS) is 30.9. The number of likely N-dealkylation sites (tertiary alicyclic amines) is 1. The van der Waals surface area contributed by atoms with Crippen molar-refractivity contribution in [1.29, 1.82) is 0 Å². The van der Waals surface area contributed by atoms with Crippen LogP contribution < -0.4 is 0 Å². The number of piperidine rings is 1. The summed E-state index contributed by atoms with van der Waals surface area (Å²) in [5, 5.41) is 0. The van der Waals surface area contributed by atoms with Crippen LogP contribution in [0.3, 0.4) is 0 Å². The molecule has 7 heteroatoms. The summed E-state index contributed by atoms with van der Waals surface area (Å²) in [6.07, 6.45) is 5.87. The first kappa shape index (κ1) is 21.8. The maximum Gasteiger partial charge on any atom is 0.313 e. The van der Waals surface area contributed by atoms with Crippen LogP contribution >= 0.6 is 0 Å². The second-order valence-electron chi connectivity index (χ2n) is 9.48. The molecule has 1 saturated carbocycles. The molecular weight excluding hydrogens is 382 g/mol. The van der Waals surface area contributed by atoms with Gasteiger partial charge in [-0.25, -0.2) is 4.98 Å². The molecule has 3 heterocycles. The summed E-state index contributed by atoms with van der Waals surface area (Å²) in [5.74, 6) is 1.46. The van der Waals surface area contributed by atoms with Gasteiger partial charge in [-0.15, -0.1) is 0 Å². The van der Waals surface area contributed by atoms with E-state index in [-0.39, 0.29) is 17.3 Å². The number of ether oxygens (including phenoxy) is 2.